The smallest absolute Gasteiger partial charge is 0.345 e. The summed E-state index contributed by atoms with van der Waals surface area (Å²) in [7, 11) is 0. The maximum absolute atomic E-state index is 12.0. The van der Waals surface area contributed by atoms with E-state index in [4.69, 9.17) is 5.11 Å². The number of amides is 1. The predicted octanol–water partition coefficient (Wildman–Crippen LogP) is 3.54. The number of carbonyl (C=O) groups excluding carboxylic acids is 1. The van der Waals surface area contributed by atoms with E-state index in [1.54, 1.807) is 22.8 Å². The lowest BCUT2D eigenvalue weighted by atomic mass is 10.1. The molecule has 0 aromatic carbocycles. The van der Waals surface area contributed by atoms with E-state index in [1.165, 1.54) is 9.75 Å². The fraction of sp³-hybridized carbons (Fsp3) is 0.333. The number of carboxylic acids is 1. The number of aromatic carboxylic acids is 1. The maximum atomic E-state index is 12.0. The number of rotatable bonds is 5. The van der Waals surface area contributed by atoms with Gasteiger partial charge in [0.15, 0.2) is 0 Å². The Hall–Kier alpha value is -1.66. The van der Waals surface area contributed by atoms with E-state index >= 15 is 0 Å². The number of hydrogen-bond acceptors (Lipinski definition) is 4. The van der Waals surface area contributed by atoms with Crippen molar-refractivity contribution < 1.29 is 14.7 Å². The van der Waals surface area contributed by atoms with Gasteiger partial charge in [0.1, 0.15) is 4.88 Å². The minimum Gasteiger partial charge on any atom is -0.477 e. The third-order valence-electron chi connectivity index (χ3n) is 3.15. The highest BCUT2D eigenvalue weighted by atomic mass is 32.1. The molecule has 1 atom stereocenters. The van der Waals surface area contributed by atoms with E-state index in [2.05, 4.69) is 18.3 Å². The molecule has 0 saturated heterocycles. The average molecular weight is 323 g/mol. The highest BCUT2D eigenvalue weighted by Crippen LogP contribution is 2.26. The van der Waals surface area contributed by atoms with Crippen LogP contribution in [0.3, 0.4) is 0 Å². The van der Waals surface area contributed by atoms with Gasteiger partial charge < -0.3 is 10.4 Å². The van der Waals surface area contributed by atoms with Gasteiger partial charge in [-0.3, -0.25) is 4.79 Å². The minimum atomic E-state index is -0.954. The summed E-state index contributed by atoms with van der Waals surface area (Å²) in [6, 6.07) is 3.61. The van der Waals surface area contributed by atoms with Crippen LogP contribution in [0.15, 0.2) is 17.5 Å². The first-order valence-electron chi connectivity index (χ1n) is 6.54. The van der Waals surface area contributed by atoms with Crippen molar-refractivity contribution in [3.05, 3.63) is 43.3 Å². The molecule has 2 N–H and O–H groups in total. The molecule has 0 saturated carbocycles. The van der Waals surface area contributed by atoms with Crippen molar-refractivity contribution in [2.45, 2.75) is 33.2 Å². The molecule has 6 heteroatoms. The highest BCUT2D eigenvalue weighted by molar-refractivity contribution is 7.12. The lowest BCUT2D eigenvalue weighted by Crippen LogP contribution is -2.28. The van der Waals surface area contributed by atoms with Gasteiger partial charge in [0, 0.05) is 9.75 Å². The Morgan fingerprint density at radius 2 is 2.05 bits per heavy atom. The summed E-state index contributed by atoms with van der Waals surface area (Å²) in [5, 5.41) is 13.5. The Bertz CT molecular complexity index is 672. The van der Waals surface area contributed by atoms with E-state index in [9.17, 15) is 9.59 Å². The van der Waals surface area contributed by atoms with Crippen LogP contribution < -0.4 is 5.32 Å². The molecule has 0 fully saturated rings. The summed E-state index contributed by atoms with van der Waals surface area (Å²) in [5.41, 5.74) is 1.88. The first-order chi connectivity index (χ1) is 9.86. The number of carbonyl (C=O) groups is 2. The van der Waals surface area contributed by atoms with Crippen molar-refractivity contribution >= 4 is 34.6 Å². The summed E-state index contributed by atoms with van der Waals surface area (Å²) in [6.45, 7) is 6.06. The van der Waals surface area contributed by atoms with Gasteiger partial charge in [-0.25, -0.2) is 4.79 Å². The zero-order valence-corrected chi connectivity index (χ0v) is 13.7. The Morgan fingerprint density at radius 1 is 1.33 bits per heavy atom. The molecule has 0 spiro atoms. The molecule has 21 heavy (non-hydrogen) atoms. The van der Waals surface area contributed by atoms with Crippen LogP contribution in [0, 0.1) is 13.8 Å². The fourth-order valence-electron chi connectivity index (χ4n) is 2.22. The van der Waals surface area contributed by atoms with E-state index in [0.29, 0.717) is 0 Å². The molecule has 0 aliphatic carbocycles. The standard InChI is InChI=1S/C15H17NO3S2/c1-8-4-12(10(3)21-8)9(2)16-14(17)6-11-5-13(15(18)19)20-7-11/h4-5,7,9H,6H2,1-3H3,(H,16,17)(H,18,19). The van der Waals surface area contributed by atoms with Crippen molar-refractivity contribution in [2.75, 3.05) is 0 Å². The second-order valence-electron chi connectivity index (χ2n) is 4.96. The lowest BCUT2D eigenvalue weighted by Gasteiger charge is -2.13. The third kappa shape index (κ3) is 3.92. The summed E-state index contributed by atoms with van der Waals surface area (Å²) < 4.78 is 0. The van der Waals surface area contributed by atoms with Gasteiger partial charge in [-0.05, 0) is 49.4 Å². The van der Waals surface area contributed by atoms with Crippen LogP contribution in [0.25, 0.3) is 0 Å². The molecule has 0 radical (unpaired) electrons. The fourth-order valence-corrected chi connectivity index (χ4v) is 3.99. The van der Waals surface area contributed by atoms with E-state index in [1.807, 2.05) is 13.8 Å². The molecule has 0 aliphatic rings. The van der Waals surface area contributed by atoms with Crippen LogP contribution in [-0.2, 0) is 11.2 Å². The van der Waals surface area contributed by atoms with Gasteiger partial charge in [-0.2, -0.15) is 0 Å². The number of thiophene rings is 2. The zero-order valence-electron chi connectivity index (χ0n) is 12.1. The second-order valence-corrected chi connectivity index (χ2v) is 7.33. The van der Waals surface area contributed by atoms with Crippen LogP contribution in [0.2, 0.25) is 0 Å². The highest BCUT2D eigenvalue weighted by Gasteiger charge is 2.15. The number of aryl methyl sites for hydroxylation is 2. The Morgan fingerprint density at radius 3 is 2.57 bits per heavy atom. The van der Waals surface area contributed by atoms with Crippen LogP contribution >= 0.6 is 22.7 Å². The number of hydrogen-bond donors (Lipinski definition) is 2. The third-order valence-corrected chi connectivity index (χ3v) is 5.10. The quantitative estimate of drug-likeness (QED) is 0.884. The van der Waals surface area contributed by atoms with Crippen molar-refractivity contribution in [2.24, 2.45) is 0 Å². The summed E-state index contributed by atoms with van der Waals surface area (Å²) in [6.07, 6.45) is 0.205. The second kappa shape index (κ2) is 6.41. The summed E-state index contributed by atoms with van der Waals surface area (Å²) >= 11 is 2.86. The predicted molar refractivity (Wildman–Crippen MR) is 85.3 cm³/mol. The number of nitrogens with one attached hydrogen (secondary N) is 1. The van der Waals surface area contributed by atoms with Crippen LogP contribution in [0.5, 0.6) is 0 Å². The molecular formula is C15H17NO3S2. The van der Waals surface area contributed by atoms with Gasteiger partial charge in [-0.1, -0.05) is 0 Å². The first kappa shape index (κ1) is 15.7. The van der Waals surface area contributed by atoms with Gasteiger partial charge in [-0.15, -0.1) is 22.7 Å². The molecule has 2 aromatic rings. The molecule has 0 aliphatic heterocycles. The molecular weight excluding hydrogens is 306 g/mol. The summed E-state index contributed by atoms with van der Waals surface area (Å²) in [5.74, 6) is -1.05. The molecule has 2 aromatic heterocycles. The van der Waals surface area contributed by atoms with E-state index < -0.39 is 5.97 Å². The Balaban J connectivity index is 1.97. The van der Waals surface area contributed by atoms with Crippen LogP contribution in [0.1, 0.15) is 43.5 Å². The molecule has 2 rings (SSSR count). The molecule has 1 amide bonds. The molecule has 0 bridgehead atoms. The van der Waals surface area contributed by atoms with Crippen molar-refractivity contribution in [1.29, 1.82) is 0 Å². The normalized spacial score (nSPS) is 12.1. The minimum absolute atomic E-state index is 0.0416. The molecule has 2 heterocycles. The molecule has 112 valence electrons. The lowest BCUT2D eigenvalue weighted by molar-refractivity contribution is -0.121. The average Bonchev–Trinajstić information content (AvgIpc) is 2.95. The van der Waals surface area contributed by atoms with E-state index in [0.717, 1.165) is 22.5 Å². The van der Waals surface area contributed by atoms with Gasteiger partial charge >= 0.3 is 5.97 Å². The van der Waals surface area contributed by atoms with Crippen molar-refractivity contribution in [3.63, 3.8) is 0 Å². The molecule has 4 nitrogen and oxygen atoms in total. The molecule has 1 unspecified atom stereocenters. The van der Waals surface area contributed by atoms with Crippen LogP contribution in [0.4, 0.5) is 0 Å². The van der Waals surface area contributed by atoms with Gasteiger partial charge in [0.2, 0.25) is 5.91 Å². The first-order valence-corrected chi connectivity index (χ1v) is 8.23. The maximum Gasteiger partial charge on any atom is 0.345 e. The van der Waals surface area contributed by atoms with E-state index in [-0.39, 0.29) is 23.2 Å². The monoisotopic (exact) mass is 323 g/mol. The SMILES string of the molecule is Cc1cc(C(C)NC(=O)Cc2csc(C(=O)O)c2)c(C)s1. The number of carboxylic acid groups (broad SMARTS) is 1. The van der Waals surface area contributed by atoms with Gasteiger partial charge in [0.25, 0.3) is 0 Å². The topological polar surface area (TPSA) is 66.4 Å². The Labute approximate surface area is 131 Å². The Kier molecular flexibility index (Phi) is 4.80. The van der Waals surface area contributed by atoms with Gasteiger partial charge in [0.05, 0.1) is 12.5 Å². The largest absolute Gasteiger partial charge is 0.477 e. The van der Waals surface area contributed by atoms with Crippen molar-refractivity contribution in [3.8, 4) is 0 Å². The van der Waals surface area contributed by atoms with Crippen LogP contribution in [-0.4, -0.2) is 17.0 Å². The van der Waals surface area contributed by atoms with Crippen molar-refractivity contribution in [1.82, 2.24) is 5.32 Å². The summed E-state index contributed by atoms with van der Waals surface area (Å²) in [4.78, 5) is 25.6. The zero-order chi connectivity index (χ0) is 15.6.